The fourth-order valence-corrected chi connectivity index (χ4v) is 3.72. The maximum Gasteiger partial charge on any atom is 0.221 e. The molecule has 2 heterocycles. The number of amides is 1. The normalized spacial score (nSPS) is 17.2. The van der Waals surface area contributed by atoms with Crippen molar-refractivity contribution in [1.82, 2.24) is 25.2 Å². The van der Waals surface area contributed by atoms with Gasteiger partial charge in [0, 0.05) is 32.1 Å². The third-order valence-electron chi connectivity index (χ3n) is 5.00. The van der Waals surface area contributed by atoms with E-state index in [4.69, 9.17) is 5.73 Å². The molecule has 1 aliphatic rings. The van der Waals surface area contributed by atoms with Crippen LogP contribution in [0.5, 0.6) is 0 Å². The second kappa shape index (κ2) is 10.5. The zero-order valence-electron chi connectivity index (χ0n) is 16.7. The van der Waals surface area contributed by atoms with Crippen molar-refractivity contribution in [2.75, 3.05) is 19.6 Å². The number of benzene rings is 1. The Bertz CT molecular complexity index is 758. The van der Waals surface area contributed by atoms with Crippen LogP contribution in [-0.2, 0) is 11.3 Å². The van der Waals surface area contributed by atoms with Gasteiger partial charge in [0.25, 0.3) is 0 Å². The van der Waals surface area contributed by atoms with E-state index >= 15 is 0 Å². The first-order valence-electron chi connectivity index (χ1n) is 9.76. The molecule has 1 fully saturated rings. The number of nitrogens with one attached hydrogen (secondary N) is 1. The van der Waals surface area contributed by atoms with E-state index in [0.717, 1.165) is 30.9 Å². The van der Waals surface area contributed by atoms with Gasteiger partial charge in [-0.2, -0.15) is 15.0 Å². The van der Waals surface area contributed by atoms with Gasteiger partial charge < -0.3 is 11.1 Å². The third kappa shape index (κ3) is 6.02. The van der Waals surface area contributed by atoms with Crippen molar-refractivity contribution in [3.8, 4) is 5.69 Å². The molecule has 3 rings (SSSR count). The highest BCUT2D eigenvalue weighted by atomic mass is 35.5. The fourth-order valence-electron chi connectivity index (χ4n) is 3.72. The summed E-state index contributed by atoms with van der Waals surface area (Å²) >= 11 is 0. The monoisotopic (exact) mass is 406 g/mol. The molecule has 1 unspecified atom stereocenters. The van der Waals surface area contributed by atoms with Crippen molar-refractivity contribution in [3.05, 3.63) is 41.2 Å². The lowest BCUT2D eigenvalue weighted by Gasteiger charge is -2.35. The Hall–Kier alpha value is -1.96. The predicted molar refractivity (Wildman–Crippen MR) is 113 cm³/mol. The van der Waals surface area contributed by atoms with E-state index in [2.05, 4.69) is 52.5 Å². The van der Waals surface area contributed by atoms with Gasteiger partial charge in [-0.15, -0.1) is 12.4 Å². The van der Waals surface area contributed by atoms with Crippen molar-refractivity contribution >= 4 is 18.3 Å². The second-order valence-corrected chi connectivity index (χ2v) is 7.43. The Labute approximate surface area is 173 Å². The summed E-state index contributed by atoms with van der Waals surface area (Å²) in [5, 5.41) is 12.1. The van der Waals surface area contributed by atoms with E-state index in [1.807, 2.05) is 6.20 Å². The molecule has 154 valence electrons. The lowest BCUT2D eigenvalue weighted by atomic mass is 10.0. The van der Waals surface area contributed by atoms with Crippen molar-refractivity contribution in [1.29, 1.82) is 0 Å². The average Bonchev–Trinajstić information content (AvgIpc) is 3.09. The second-order valence-electron chi connectivity index (χ2n) is 7.43. The van der Waals surface area contributed by atoms with Crippen molar-refractivity contribution in [3.63, 3.8) is 0 Å². The van der Waals surface area contributed by atoms with Gasteiger partial charge in [-0.25, -0.2) is 0 Å². The number of rotatable bonds is 7. The van der Waals surface area contributed by atoms with E-state index in [-0.39, 0.29) is 18.3 Å². The number of nitrogens with zero attached hydrogens (tertiary/aromatic N) is 4. The quantitative estimate of drug-likeness (QED) is 0.735. The molecule has 3 N–H and O–H groups in total. The van der Waals surface area contributed by atoms with Crippen LogP contribution in [0.25, 0.3) is 5.69 Å². The van der Waals surface area contributed by atoms with Crippen LogP contribution in [0.1, 0.15) is 42.5 Å². The summed E-state index contributed by atoms with van der Waals surface area (Å²) in [5.41, 5.74) is 9.79. The molecule has 0 spiro atoms. The van der Waals surface area contributed by atoms with Gasteiger partial charge in [-0.1, -0.05) is 12.5 Å². The highest BCUT2D eigenvalue weighted by molar-refractivity contribution is 5.85. The van der Waals surface area contributed by atoms with Crippen molar-refractivity contribution in [2.45, 2.75) is 52.1 Å². The lowest BCUT2D eigenvalue weighted by Crippen LogP contribution is -2.46. The zero-order chi connectivity index (χ0) is 19.2. The molecule has 1 amide bonds. The van der Waals surface area contributed by atoms with Crippen LogP contribution in [-0.4, -0.2) is 51.5 Å². The Kier molecular flexibility index (Phi) is 8.41. The predicted octanol–water partition coefficient (Wildman–Crippen LogP) is 2.13. The minimum Gasteiger partial charge on any atom is -0.354 e. The van der Waals surface area contributed by atoms with Crippen LogP contribution in [0.3, 0.4) is 0 Å². The van der Waals surface area contributed by atoms with Gasteiger partial charge in [-0.3, -0.25) is 9.69 Å². The van der Waals surface area contributed by atoms with Crippen LogP contribution >= 0.6 is 12.4 Å². The van der Waals surface area contributed by atoms with E-state index in [1.165, 1.54) is 24.0 Å². The number of carbonyl (C=O) groups is 1. The average molecular weight is 407 g/mol. The van der Waals surface area contributed by atoms with Crippen molar-refractivity contribution < 1.29 is 4.79 Å². The number of hydrogen-bond acceptors (Lipinski definition) is 5. The van der Waals surface area contributed by atoms with Gasteiger partial charge in [0.15, 0.2) is 0 Å². The maximum atomic E-state index is 11.7. The molecular weight excluding hydrogens is 376 g/mol. The molecule has 28 heavy (non-hydrogen) atoms. The number of piperidine rings is 1. The molecule has 7 nitrogen and oxygen atoms in total. The first-order valence-corrected chi connectivity index (χ1v) is 9.76. The van der Waals surface area contributed by atoms with E-state index < -0.39 is 0 Å². The molecule has 0 radical (unpaired) electrons. The standard InChI is InChI=1S/C20H30N6O.ClH/c1-15-9-16(2)11-19(10-15)26-23-12-17(24-26)14-25-8-4-3-5-18(25)13-22-20(27)6-7-21;/h9-12,18H,3-8,13-14,21H2,1-2H3,(H,22,27);1H. The number of hydrogen-bond donors (Lipinski definition) is 2. The Balaban J connectivity index is 0.00000280. The van der Waals surface area contributed by atoms with E-state index in [0.29, 0.717) is 25.6 Å². The summed E-state index contributed by atoms with van der Waals surface area (Å²) in [4.78, 5) is 15.8. The molecule has 1 atom stereocenters. The first kappa shape index (κ1) is 22.3. The summed E-state index contributed by atoms with van der Waals surface area (Å²) in [6.07, 6.45) is 5.70. The first-order chi connectivity index (χ1) is 13.0. The molecule has 2 aromatic rings. The van der Waals surface area contributed by atoms with Gasteiger partial charge in [0.05, 0.1) is 17.6 Å². The summed E-state index contributed by atoms with van der Waals surface area (Å²) < 4.78 is 0. The number of aryl methyl sites for hydroxylation is 2. The zero-order valence-corrected chi connectivity index (χ0v) is 17.5. The molecule has 8 heteroatoms. The maximum absolute atomic E-state index is 11.7. The fraction of sp³-hybridized carbons (Fsp3) is 0.550. The Morgan fingerprint density at radius 2 is 2.00 bits per heavy atom. The molecule has 0 saturated carbocycles. The molecule has 1 saturated heterocycles. The van der Waals surface area contributed by atoms with E-state index in [9.17, 15) is 4.79 Å². The minimum absolute atomic E-state index is 0. The Morgan fingerprint density at radius 3 is 2.71 bits per heavy atom. The van der Waals surface area contributed by atoms with Crippen molar-refractivity contribution in [2.24, 2.45) is 5.73 Å². The highest BCUT2D eigenvalue weighted by Gasteiger charge is 2.23. The molecule has 1 aromatic carbocycles. The van der Waals surface area contributed by atoms with Crippen LogP contribution in [0.4, 0.5) is 0 Å². The van der Waals surface area contributed by atoms with Gasteiger partial charge in [0.2, 0.25) is 5.91 Å². The van der Waals surface area contributed by atoms with Gasteiger partial charge in [0.1, 0.15) is 0 Å². The summed E-state index contributed by atoms with van der Waals surface area (Å²) in [7, 11) is 0. The van der Waals surface area contributed by atoms with E-state index in [1.54, 1.807) is 4.80 Å². The summed E-state index contributed by atoms with van der Waals surface area (Å²) in [6, 6.07) is 6.67. The Morgan fingerprint density at radius 1 is 1.25 bits per heavy atom. The number of nitrogens with two attached hydrogens (primary N) is 1. The van der Waals surface area contributed by atoms with Crippen LogP contribution in [0, 0.1) is 13.8 Å². The minimum atomic E-state index is 0. The molecule has 0 aliphatic carbocycles. The third-order valence-corrected chi connectivity index (χ3v) is 5.00. The lowest BCUT2D eigenvalue weighted by molar-refractivity contribution is -0.121. The molecule has 1 aliphatic heterocycles. The molecule has 0 bridgehead atoms. The number of carbonyl (C=O) groups excluding carboxylic acids is 1. The number of aromatic nitrogens is 3. The van der Waals surface area contributed by atoms with Gasteiger partial charge in [-0.05, 0) is 56.5 Å². The highest BCUT2D eigenvalue weighted by Crippen LogP contribution is 2.19. The summed E-state index contributed by atoms with van der Waals surface area (Å²) in [6.45, 7) is 7.00. The van der Waals surface area contributed by atoms with Crippen LogP contribution in [0.2, 0.25) is 0 Å². The van der Waals surface area contributed by atoms with Gasteiger partial charge >= 0.3 is 0 Å². The van der Waals surface area contributed by atoms with Crippen LogP contribution < -0.4 is 11.1 Å². The van der Waals surface area contributed by atoms with Crippen LogP contribution in [0.15, 0.2) is 24.4 Å². The molecule has 1 aromatic heterocycles. The molecular formula is C20H31ClN6O. The largest absolute Gasteiger partial charge is 0.354 e. The number of likely N-dealkylation sites (tertiary alicyclic amines) is 1. The number of halogens is 1. The topological polar surface area (TPSA) is 89.1 Å². The smallest absolute Gasteiger partial charge is 0.221 e. The summed E-state index contributed by atoms with van der Waals surface area (Å²) in [5.74, 6) is 0.0313. The SMILES string of the molecule is Cc1cc(C)cc(-n2ncc(CN3CCCCC3CNC(=O)CCN)n2)c1.Cl.